The number of nitrogens with zero attached hydrogens (tertiary/aromatic N) is 3. The minimum atomic E-state index is -3.21. The average molecular weight is 439 g/mol. The van der Waals surface area contributed by atoms with Gasteiger partial charge in [0.2, 0.25) is 27.6 Å². The number of aromatic nitrogens is 2. The molecule has 1 aliphatic rings. The van der Waals surface area contributed by atoms with Crippen molar-refractivity contribution in [3.05, 3.63) is 24.1 Å². The smallest absolute Gasteiger partial charge is 0.246 e. The zero-order chi connectivity index (χ0) is 21.7. The summed E-state index contributed by atoms with van der Waals surface area (Å²) < 4.78 is 41.1. The van der Waals surface area contributed by atoms with Crippen molar-refractivity contribution < 1.29 is 27.2 Å². The van der Waals surface area contributed by atoms with E-state index >= 15 is 0 Å². The molecule has 1 aliphatic heterocycles. The summed E-state index contributed by atoms with van der Waals surface area (Å²) in [4.78, 5) is 16.8. The van der Waals surface area contributed by atoms with Gasteiger partial charge in [-0.3, -0.25) is 4.79 Å². The van der Waals surface area contributed by atoms with Gasteiger partial charge in [-0.1, -0.05) is 5.16 Å². The molecule has 0 spiro atoms. The van der Waals surface area contributed by atoms with E-state index in [1.54, 1.807) is 32.2 Å². The Kier molecular flexibility index (Phi) is 6.93. The Labute approximate surface area is 175 Å². The number of sulfonamides is 1. The molecule has 1 aromatic heterocycles. The lowest BCUT2D eigenvalue weighted by atomic mass is 9.97. The van der Waals surface area contributed by atoms with E-state index in [4.69, 9.17) is 14.0 Å². The van der Waals surface area contributed by atoms with Crippen LogP contribution in [0, 0.1) is 5.92 Å². The highest BCUT2D eigenvalue weighted by molar-refractivity contribution is 7.89. The summed E-state index contributed by atoms with van der Waals surface area (Å²) in [5.74, 6) is 1.48. The summed E-state index contributed by atoms with van der Waals surface area (Å²) in [6, 6.07) is 5.25. The van der Waals surface area contributed by atoms with Crippen molar-refractivity contribution in [3.63, 3.8) is 0 Å². The molecule has 0 saturated carbocycles. The largest absolute Gasteiger partial charge is 0.497 e. The topological polar surface area (TPSA) is 124 Å². The van der Waals surface area contributed by atoms with E-state index in [0.717, 1.165) is 0 Å². The summed E-state index contributed by atoms with van der Waals surface area (Å²) in [6.07, 6.45) is 0.979. The third-order valence-corrected chi connectivity index (χ3v) is 7.00. The van der Waals surface area contributed by atoms with Crippen molar-refractivity contribution >= 4 is 15.9 Å². The van der Waals surface area contributed by atoms with Crippen LogP contribution in [0.3, 0.4) is 0 Å². The second-order valence-corrected chi connectivity index (χ2v) is 9.13. The Bertz CT molecular complexity index is 983. The standard InChI is InChI=1S/C19H26N4O6S/c1-4-30(25,26)23-9-7-13(8-10-23)19(24)20-12-17-21-18(22-29-17)15-6-5-14(27-2)11-16(15)28-3/h5-6,11,13H,4,7-10,12H2,1-3H3,(H,20,24). The maximum absolute atomic E-state index is 12.4. The second-order valence-electron chi connectivity index (χ2n) is 6.87. The lowest BCUT2D eigenvalue weighted by molar-refractivity contribution is -0.126. The van der Waals surface area contributed by atoms with Crippen LogP contribution in [0.1, 0.15) is 25.7 Å². The average Bonchev–Trinajstić information content (AvgIpc) is 3.25. The van der Waals surface area contributed by atoms with Gasteiger partial charge in [0.05, 0.1) is 32.1 Å². The molecule has 2 heterocycles. The highest BCUT2D eigenvalue weighted by Crippen LogP contribution is 2.31. The monoisotopic (exact) mass is 438 g/mol. The third kappa shape index (κ3) is 4.90. The predicted octanol–water partition coefficient (Wildman–Crippen LogP) is 1.43. The second kappa shape index (κ2) is 9.43. The first kappa shape index (κ1) is 22.0. The molecule has 1 fully saturated rings. The molecule has 2 aromatic rings. The molecular formula is C19H26N4O6S. The van der Waals surface area contributed by atoms with Gasteiger partial charge in [-0.15, -0.1) is 0 Å². The highest BCUT2D eigenvalue weighted by atomic mass is 32.2. The van der Waals surface area contributed by atoms with E-state index in [-0.39, 0.29) is 30.0 Å². The van der Waals surface area contributed by atoms with Crippen molar-refractivity contribution in [2.45, 2.75) is 26.3 Å². The number of amides is 1. The molecule has 1 saturated heterocycles. The van der Waals surface area contributed by atoms with Crippen LogP contribution < -0.4 is 14.8 Å². The zero-order valence-electron chi connectivity index (χ0n) is 17.3. The molecule has 11 heteroatoms. The summed E-state index contributed by atoms with van der Waals surface area (Å²) >= 11 is 0. The zero-order valence-corrected chi connectivity index (χ0v) is 18.1. The normalized spacial score (nSPS) is 15.7. The number of rotatable bonds is 8. The van der Waals surface area contributed by atoms with Gasteiger partial charge in [0.15, 0.2) is 0 Å². The molecule has 0 atom stereocenters. The number of carbonyl (C=O) groups excluding carboxylic acids is 1. The first-order valence-corrected chi connectivity index (χ1v) is 11.3. The fraction of sp³-hybridized carbons (Fsp3) is 0.526. The quantitative estimate of drug-likeness (QED) is 0.656. The summed E-state index contributed by atoms with van der Waals surface area (Å²) in [7, 11) is -0.105. The Balaban J connectivity index is 1.57. The van der Waals surface area contributed by atoms with Crippen molar-refractivity contribution in [2.75, 3.05) is 33.1 Å². The van der Waals surface area contributed by atoms with Crippen molar-refractivity contribution in [1.82, 2.24) is 19.8 Å². The Morgan fingerprint density at radius 1 is 1.27 bits per heavy atom. The first-order valence-electron chi connectivity index (χ1n) is 9.68. The molecule has 164 valence electrons. The van der Waals surface area contributed by atoms with Crippen molar-refractivity contribution in [3.8, 4) is 22.9 Å². The van der Waals surface area contributed by atoms with Crippen LogP contribution in [0.2, 0.25) is 0 Å². The molecule has 0 unspecified atom stereocenters. The first-order chi connectivity index (χ1) is 14.4. The predicted molar refractivity (Wildman–Crippen MR) is 108 cm³/mol. The number of hydrogen-bond donors (Lipinski definition) is 1. The van der Waals surface area contributed by atoms with Gasteiger partial charge in [0.1, 0.15) is 11.5 Å². The van der Waals surface area contributed by atoms with Crippen molar-refractivity contribution in [2.24, 2.45) is 5.92 Å². The van der Waals surface area contributed by atoms with Gasteiger partial charge in [0, 0.05) is 25.1 Å². The summed E-state index contributed by atoms with van der Waals surface area (Å²) in [6.45, 7) is 2.43. The molecule has 30 heavy (non-hydrogen) atoms. The Hall–Kier alpha value is -2.66. The van der Waals surface area contributed by atoms with E-state index in [9.17, 15) is 13.2 Å². The third-order valence-electron chi connectivity index (χ3n) is 5.11. The number of carbonyl (C=O) groups is 1. The van der Waals surface area contributed by atoms with Crippen LogP contribution in [0.4, 0.5) is 0 Å². The van der Waals surface area contributed by atoms with Crippen LogP contribution in [-0.4, -0.2) is 61.8 Å². The summed E-state index contributed by atoms with van der Waals surface area (Å²) in [5.41, 5.74) is 0.643. The molecular weight excluding hydrogens is 412 g/mol. The van der Waals surface area contributed by atoms with Gasteiger partial charge in [-0.05, 0) is 31.9 Å². The highest BCUT2D eigenvalue weighted by Gasteiger charge is 2.30. The minimum absolute atomic E-state index is 0.0718. The Morgan fingerprint density at radius 3 is 2.63 bits per heavy atom. The fourth-order valence-electron chi connectivity index (χ4n) is 3.31. The molecule has 3 rings (SSSR count). The number of ether oxygens (including phenoxy) is 2. The van der Waals surface area contributed by atoms with Crippen LogP contribution in [0.25, 0.3) is 11.4 Å². The lowest BCUT2D eigenvalue weighted by Crippen LogP contribution is -2.43. The fourth-order valence-corrected chi connectivity index (χ4v) is 4.44. The van der Waals surface area contributed by atoms with Crippen LogP contribution in [-0.2, 0) is 21.4 Å². The maximum Gasteiger partial charge on any atom is 0.246 e. The summed E-state index contributed by atoms with van der Waals surface area (Å²) in [5, 5.41) is 6.75. The van der Waals surface area contributed by atoms with Crippen LogP contribution in [0.15, 0.2) is 22.7 Å². The van der Waals surface area contributed by atoms with E-state index in [1.165, 1.54) is 11.4 Å². The van der Waals surface area contributed by atoms with E-state index < -0.39 is 10.0 Å². The molecule has 0 bridgehead atoms. The van der Waals surface area contributed by atoms with Crippen LogP contribution >= 0.6 is 0 Å². The van der Waals surface area contributed by atoms with E-state index in [1.807, 2.05) is 0 Å². The molecule has 10 nitrogen and oxygen atoms in total. The molecule has 0 aliphatic carbocycles. The number of piperidine rings is 1. The lowest BCUT2D eigenvalue weighted by Gasteiger charge is -2.30. The van der Waals surface area contributed by atoms with E-state index in [0.29, 0.717) is 48.8 Å². The van der Waals surface area contributed by atoms with Gasteiger partial charge in [0.25, 0.3) is 0 Å². The number of nitrogens with one attached hydrogen (secondary N) is 1. The van der Waals surface area contributed by atoms with Gasteiger partial charge >= 0.3 is 0 Å². The van der Waals surface area contributed by atoms with Crippen LogP contribution in [0.5, 0.6) is 11.5 Å². The number of hydrogen-bond acceptors (Lipinski definition) is 8. The van der Waals surface area contributed by atoms with Gasteiger partial charge in [-0.25, -0.2) is 12.7 Å². The SMILES string of the molecule is CCS(=O)(=O)N1CCC(C(=O)NCc2nc(-c3ccc(OC)cc3OC)no2)CC1. The minimum Gasteiger partial charge on any atom is -0.497 e. The maximum atomic E-state index is 12.4. The van der Waals surface area contributed by atoms with Gasteiger partial charge < -0.3 is 19.3 Å². The number of methoxy groups -OCH3 is 2. The van der Waals surface area contributed by atoms with Gasteiger partial charge in [-0.2, -0.15) is 4.98 Å². The van der Waals surface area contributed by atoms with E-state index in [2.05, 4.69) is 15.5 Å². The molecule has 1 aromatic carbocycles. The Morgan fingerprint density at radius 2 is 2.00 bits per heavy atom. The molecule has 0 radical (unpaired) electrons. The van der Waals surface area contributed by atoms with Crippen molar-refractivity contribution in [1.29, 1.82) is 0 Å². The molecule has 1 amide bonds. The number of benzene rings is 1. The molecule has 1 N–H and O–H groups in total.